The monoisotopic (exact) mass is 484 g/mol. The molecule has 1 unspecified atom stereocenters. The summed E-state index contributed by atoms with van der Waals surface area (Å²) in [6.45, 7) is 3.60. The van der Waals surface area contributed by atoms with Crippen LogP contribution in [0.1, 0.15) is 43.7 Å². The highest BCUT2D eigenvalue weighted by Gasteiger charge is 2.30. The van der Waals surface area contributed by atoms with Gasteiger partial charge in [-0.1, -0.05) is 48.5 Å². The largest absolute Gasteiger partial charge is 0.481 e. The van der Waals surface area contributed by atoms with Crippen LogP contribution in [0.25, 0.3) is 11.1 Å². The molecule has 0 saturated heterocycles. The highest BCUT2D eigenvalue weighted by Crippen LogP contribution is 2.44. The van der Waals surface area contributed by atoms with Crippen molar-refractivity contribution >= 4 is 29.7 Å². The number of nitrogens with one attached hydrogen (secondary N) is 2. The molecule has 0 spiro atoms. The minimum absolute atomic E-state index is 0.0603. The summed E-state index contributed by atoms with van der Waals surface area (Å²) in [5.74, 6) is -0.640. The molecule has 3 rings (SSSR count). The first-order valence-electron chi connectivity index (χ1n) is 11.4. The molecule has 7 nitrogen and oxygen atoms in total. The number of rotatable bonds is 11. The standard InChI is InChI=1S/C26H32N2O5S/c1-26(2,24(30)31)13-14-27-23(29)22(12-15-34-3)28-25(32)33-16-21-19-10-6-4-8-17(19)18-9-5-7-11-20(18)21/h4-11,21-22H,12-16H2,1-3H3,(H,27,29)(H,28,32)(H,30,31). The van der Waals surface area contributed by atoms with Gasteiger partial charge in [-0.15, -0.1) is 0 Å². The van der Waals surface area contributed by atoms with Crippen LogP contribution in [0.2, 0.25) is 0 Å². The molecule has 1 aliphatic rings. The van der Waals surface area contributed by atoms with Gasteiger partial charge in [0.25, 0.3) is 0 Å². The van der Waals surface area contributed by atoms with Gasteiger partial charge in [0.2, 0.25) is 5.91 Å². The summed E-state index contributed by atoms with van der Waals surface area (Å²) in [5.41, 5.74) is 3.59. The number of hydrogen-bond acceptors (Lipinski definition) is 5. The van der Waals surface area contributed by atoms with Crippen LogP contribution in [0.5, 0.6) is 0 Å². The molecule has 0 bridgehead atoms. The van der Waals surface area contributed by atoms with Crippen LogP contribution in [0.3, 0.4) is 0 Å². The maximum absolute atomic E-state index is 12.7. The lowest BCUT2D eigenvalue weighted by Crippen LogP contribution is -2.48. The smallest absolute Gasteiger partial charge is 0.407 e. The van der Waals surface area contributed by atoms with Crippen molar-refractivity contribution < 1.29 is 24.2 Å². The van der Waals surface area contributed by atoms with E-state index in [-0.39, 0.29) is 31.4 Å². The first kappa shape index (κ1) is 25.6. The van der Waals surface area contributed by atoms with Crippen molar-refractivity contribution in [3.05, 3.63) is 59.7 Å². The van der Waals surface area contributed by atoms with Crippen LogP contribution >= 0.6 is 11.8 Å². The fraction of sp³-hybridized carbons (Fsp3) is 0.423. The van der Waals surface area contributed by atoms with Gasteiger partial charge in [0.15, 0.2) is 0 Å². The summed E-state index contributed by atoms with van der Waals surface area (Å²) in [5, 5.41) is 14.7. The Kier molecular flexibility index (Phi) is 8.61. The minimum atomic E-state index is -0.942. The number of thioether (sulfide) groups is 1. The lowest BCUT2D eigenvalue weighted by atomic mass is 9.89. The van der Waals surface area contributed by atoms with E-state index < -0.39 is 23.5 Å². The summed E-state index contributed by atoms with van der Waals surface area (Å²) in [7, 11) is 0. The van der Waals surface area contributed by atoms with E-state index >= 15 is 0 Å². The molecule has 8 heteroatoms. The Morgan fingerprint density at radius 1 is 1.06 bits per heavy atom. The zero-order chi connectivity index (χ0) is 24.7. The Morgan fingerprint density at radius 3 is 2.21 bits per heavy atom. The van der Waals surface area contributed by atoms with E-state index in [1.165, 1.54) is 0 Å². The normalized spacial score (nSPS) is 13.5. The number of aliphatic carboxylic acids is 1. The number of fused-ring (bicyclic) bond motifs is 3. The Hall–Kier alpha value is -3.00. The zero-order valence-corrected chi connectivity index (χ0v) is 20.6. The van der Waals surface area contributed by atoms with E-state index in [4.69, 9.17) is 4.74 Å². The van der Waals surface area contributed by atoms with Gasteiger partial charge in [-0.05, 0) is 61.0 Å². The van der Waals surface area contributed by atoms with Crippen LogP contribution in [-0.4, -0.2) is 54.3 Å². The van der Waals surface area contributed by atoms with Crippen LogP contribution in [-0.2, 0) is 14.3 Å². The van der Waals surface area contributed by atoms with Gasteiger partial charge in [-0.2, -0.15) is 11.8 Å². The molecule has 34 heavy (non-hydrogen) atoms. The Balaban J connectivity index is 1.59. The van der Waals surface area contributed by atoms with Crippen LogP contribution in [0, 0.1) is 5.41 Å². The Labute approximate surface area is 204 Å². The molecular formula is C26H32N2O5S. The van der Waals surface area contributed by atoms with Gasteiger partial charge in [0, 0.05) is 12.5 Å². The summed E-state index contributed by atoms with van der Waals surface area (Å²) in [6, 6.07) is 15.4. The number of benzene rings is 2. The van der Waals surface area contributed by atoms with Crippen molar-refractivity contribution in [2.24, 2.45) is 5.41 Å². The Morgan fingerprint density at radius 2 is 1.65 bits per heavy atom. The zero-order valence-electron chi connectivity index (χ0n) is 19.8. The number of alkyl carbamates (subject to hydrolysis) is 1. The third-order valence-corrected chi connectivity index (χ3v) is 6.84. The Bertz CT molecular complexity index is 994. The van der Waals surface area contributed by atoms with E-state index in [9.17, 15) is 19.5 Å². The van der Waals surface area contributed by atoms with Crippen molar-refractivity contribution in [1.82, 2.24) is 10.6 Å². The van der Waals surface area contributed by atoms with Crippen molar-refractivity contribution in [1.29, 1.82) is 0 Å². The summed E-state index contributed by atoms with van der Waals surface area (Å²) in [4.78, 5) is 36.6. The van der Waals surface area contributed by atoms with Crippen LogP contribution in [0.4, 0.5) is 4.79 Å². The first-order valence-corrected chi connectivity index (χ1v) is 12.8. The van der Waals surface area contributed by atoms with E-state index in [0.29, 0.717) is 12.2 Å². The van der Waals surface area contributed by atoms with E-state index in [1.807, 2.05) is 30.5 Å². The van der Waals surface area contributed by atoms with E-state index in [2.05, 4.69) is 34.9 Å². The molecule has 1 aliphatic carbocycles. The molecule has 2 aromatic rings. The van der Waals surface area contributed by atoms with E-state index in [1.54, 1.807) is 25.6 Å². The maximum Gasteiger partial charge on any atom is 0.407 e. The molecule has 0 fully saturated rings. The fourth-order valence-corrected chi connectivity index (χ4v) is 4.49. The van der Waals surface area contributed by atoms with Crippen molar-refractivity contribution in [2.45, 2.75) is 38.6 Å². The fourth-order valence-electron chi connectivity index (χ4n) is 4.02. The van der Waals surface area contributed by atoms with Gasteiger partial charge in [0.1, 0.15) is 12.6 Å². The average molecular weight is 485 g/mol. The predicted molar refractivity (Wildman–Crippen MR) is 134 cm³/mol. The molecule has 2 aromatic carbocycles. The molecule has 3 N–H and O–H groups in total. The second-order valence-electron chi connectivity index (χ2n) is 9.03. The number of ether oxygens (including phenoxy) is 1. The molecule has 2 amide bonds. The van der Waals surface area contributed by atoms with Crippen LogP contribution < -0.4 is 10.6 Å². The number of carbonyl (C=O) groups excluding carboxylic acids is 2. The highest BCUT2D eigenvalue weighted by molar-refractivity contribution is 7.98. The number of amides is 2. The van der Waals surface area contributed by atoms with Gasteiger partial charge >= 0.3 is 12.1 Å². The molecule has 0 aromatic heterocycles. The predicted octanol–water partition coefficient (Wildman–Crippen LogP) is 4.26. The number of hydrogen-bond donors (Lipinski definition) is 3. The van der Waals surface area contributed by atoms with Gasteiger partial charge in [-0.25, -0.2) is 4.79 Å². The third kappa shape index (κ3) is 6.11. The summed E-state index contributed by atoms with van der Waals surface area (Å²) >= 11 is 1.57. The molecular weight excluding hydrogens is 452 g/mol. The van der Waals surface area contributed by atoms with Crippen molar-refractivity contribution in [3.8, 4) is 11.1 Å². The molecule has 0 radical (unpaired) electrons. The quantitative estimate of drug-likeness (QED) is 0.440. The van der Waals surface area contributed by atoms with Gasteiger partial charge in [-0.3, -0.25) is 9.59 Å². The third-order valence-electron chi connectivity index (χ3n) is 6.19. The number of carboxylic acids is 1. The lowest BCUT2D eigenvalue weighted by Gasteiger charge is -2.22. The van der Waals surface area contributed by atoms with Gasteiger partial charge in [0.05, 0.1) is 5.41 Å². The number of carboxylic acid groups (broad SMARTS) is 1. The topological polar surface area (TPSA) is 105 Å². The summed E-state index contributed by atoms with van der Waals surface area (Å²) < 4.78 is 5.58. The molecule has 0 saturated carbocycles. The minimum Gasteiger partial charge on any atom is -0.481 e. The summed E-state index contributed by atoms with van der Waals surface area (Å²) in [6.07, 6.45) is 2.01. The highest BCUT2D eigenvalue weighted by atomic mass is 32.2. The maximum atomic E-state index is 12.7. The molecule has 182 valence electrons. The number of carbonyl (C=O) groups is 3. The van der Waals surface area contributed by atoms with Gasteiger partial charge < -0.3 is 20.5 Å². The molecule has 1 atom stereocenters. The second-order valence-corrected chi connectivity index (χ2v) is 10.0. The second kappa shape index (κ2) is 11.4. The van der Waals surface area contributed by atoms with Crippen molar-refractivity contribution in [2.75, 3.05) is 25.2 Å². The molecule has 0 heterocycles. The first-order chi connectivity index (χ1) is 16.2. The average Bonchev–Trinajstić information content (AvgIpc) is 3.14. The van der Waals surface area contributed by atoms with Crippen LogP contribution in [0.15, 0.2) is 48.5 Å². The lowest BCUT2D eigenvalue weighted by molar-refractivity contribution is -0.147. The SMILES string of the molecule is CSCCC(NC(=O)OCC1c2ccccc2-c2ccccc21)C(=O)NCCC(C)(C)C(=O)O. The van der Waals surface area contributed by atoms with Crippen molar-refractivity contribution in [3.63, 3.8) is 0 Å². The molecule has 0 aliphatic heterocycles. The van der Waals surface area contributed by atoms with E-state index in [0.717, 1.165) is 22.3 Å².